The van der Waals surface area contributed by atoms with Gasteiger partial charge in [-0.15, -0.1) is 12.3 Å². The van der Waals surface area contributed by atoms with Crippen molar-refractivity contribution >= 4 is 27.8 Å². The number of aromatic nitrogens is 2. The summed E-state index contributed by atoms with van der Waals surface area (Å²) in [5.74, 6) is 2.95. The molecule has 1 aliphatic rings. The van der Waals surface area contributed by atoms with Gasteiger partial charge in [0.05, 0.1) is 5.69 Å². The van der Waals surface area contributed by atoms with Crippen molar-refractivity contribution in [2.24, 2.45) is 5.92 Å². The number of anilines is 1. The predicted molar refractivity (Wildman–Crippen MR) is 84.5 cm³/mol. The van der Waals surface area contributed by atoms with E-state index in [1.807, 2.05) is 30.3 Å². The number of carbonyl (C=O) groups is 1. The second kappa shape index (κ2) is 5.66. The van der Waals surface area contributed by atoms with E-state index >= 15 is 0 Å². The number of rotatable bonds is 2. The van der Waals surface area contributed by atoms with Crippen molar-refractivity contribution in [2.45, 2.75) is 6.42 Å². The van der Waals surface area contributed by atoms with Crippen LogP contribution in [0.15, 0.2) is 41.0 Å². The van der Waals surface area contributed by atoms with E-state index in [1.165, 1.54) is 0 Å². The maximum atomic E-state index is 12.0. The van der Waals surface area contributed by atoms with E-state index in [0.29, 0.717) is 18.9 Å². The van der Waals surface area contributed by atoms with E-state index in [9.17, 15) is 4.79 Å². The zero-order chi connectivity index (χ0) is 14.8. The van der Waals surface area contributed by atoms with Crippen molar-refractivity contribution in [3.8, 4) is 23.6 Å². The summed E-state index contributed by atoms with van der Waals surface area (Å²) in [5.41, 5.74) is 1.74. The standard InChI is InChI=1S/C16H12BrN3O/c1-2-11-8-15(21)20(10-11)16-18-7-6-14(19-16)12-4-3-5-13(17)9-12/h1,3-7,9,11H,8,10H2. The van der Waals surface area contributed by atoms with E-state index in [-0.39, 0.29) is 11.8 Å². The lowest BCUT2D eigenvalue weighted by Gasteiger charge is -2.14. The average Bonchev–Trinajstić information content (AvgIpc) is 2.89. The first-order valence-electron chi connectivity index (χ1n) is 6.53. The Kier molecular flexibility index (Phi) is 3.72. The van der Waals surface area contributed by atoms with Crippen molar-refractivity contribution in [3.63, 3.8) is 0 Å². The summed E-state index contributed by atoms with van der Waals surface area (Å²) in [6.07, 6.45) is 7.42. The molecule has 5 heteroatoms. The molecule has 1 aromatic heterocycles. The Bertz CT molecular complexity index is 738. The third kappa shape index (κ3) is 2.81. The number of hydrogen-bond donors (Lipinski definition) is 0. The fourth-order valence-electron chi connectivity index (χ4n) is 2.30. The Labute approximate surface area is 131 Å². The molecular weight excluding hydrogens is 330 g/mol. The molecule has 1 aliphatic heterocycles. The minimum atomic E-state index is -0.0596. The average molecular weight is 342 g/mol. The molecule has 3 rings (SSSR count). The molecule has 104 valence electrons. The molecule has 1 fully saturated rings. The van der Waals surface area contributed by atoms with Crippen LogP contribution < -0.4 is 4.90 Å². The van der Waals surface area contributed by atoms with Crippen molar-refractivity contribution in [2.75, 3.05) is 11.4 Å². The van der Waals surface area contributed by atoms with Gasteiger partial charge >= 0.3 is 0 Å². The number of carbonyl (C=O) groups excluding carboxylic acids is 1. The number of benzene rings is 1. The van der Waals surface area contributed by atoms with Crippen LogP contribution in [0.3, 0.4) is 0 Å². The first-order chi connectivity index (χ1) is 10.2. The molecule has 1 aromatic carbocycles. The second-order valence-electron chi connectivity index (χ2n) is 4.82. The van der Waals surface area contributed by atoms with Crippen LogP contribution in [0.25, 0.3) is 11.3 Å². The minimum absolute atomic E-state index is 0.0238. The van der Waals surface area contributed by atoms with Gasteiger partial charge in [-0.05, 0) is 18.2 Å². The normalized spacial score (nSPS) is 17.8. The first-order valence-corrected chi connectivity index (χ1v) is 7.32. The molecule has 1 amide bonds. The molecule has 0 spiro atoms. The maximum absolute atomic E-state index is 12.0. The molecule has 0 saturated carbocycles. The van der Waals surface area contributed by atoms with Crippen LogP contribution in [0.1, 0.15) is 6.42 Å². The van der Waals surface area contributed by atoms with Crippen LogP contribution in [0.5, 0.6) is 0 Å². The van der Waals surface area contributed by atoms with E-state index < -0.39 is 0 Å². The first kappa shape index (κ1) is 13.8. The van der Waals surface area contributed by atoms with Crippen molar-refractivity contribution < 1.29 is 4.79 Å². The number of amides is 1. The third-order valence-electron chi connectivity index (χ3n) is 3.37. The molecule has 1 saturated heterocycles. The van der Waals surface area contributed by atoms with Crippen LogP contribution in [-0.2, 0) is 4.79 Å². The zero-order valence-electron chi connectivity index (χ0n) is 11.2. The van der Waals surface area contributed by atoms with Gasteiger partial charge in [0, 0.05) is 35.1 Å². The molecule has 21 heavy (non-hydrogen) atoms. The highest BCUT2D eigenvalue weighted by atomic mass is 79.9. The summed E-state index contributed by atoms with van der Waals surface area (Å²) in [7, 11) is 0. The maximum Gasteiger partial charge on any atom is 0.232 e. The Morgan fingerprint density at radius 3 is 2.95 bits per heavy atom. The smallest absolute Gasteiger partial charge is 0.232 e. The third-order valence-corrected chi connectivity index (χ3v) is 3.86. The number of nitrogens with zero attached hydrogens (tertiary/aromatic N) is 3. The van der Waals surface area contributed by atoms with Crippen molar-refractivity contribution in [1.29, 1.82) is 0 Å². The number of terminal acetylenes is 1. The molecule has 0 aliphatic carbocycles. The SMILES string of the molecule is C#CC1CC(=O)N(c2nccc(-c3cccc(Br)c3)n2)C1. The summed E-state index contributed by atoms with van der Waals surface area (Å²) in [6, 6.07) is 9.66. The van der Waals surface area contributed by atoms with Crippen LogP contribution in [0, 0.1) is 18.3 Å². The molecule has 0 N–H and O–H groups in total. The highest BCUT2D eigenvalue weighted by Gasteiger charge is 2.31. The monoisotopic (exact) mass is 341 g/mol. The van der Waals surface area contributed by atoms with Crippen molar-refractivity contribution in [1.82, 2.24) is 9.97 Å². The number of hydrogen-bond acceptors (Lipinski definition) is 3. The fourth-order valence-corrected chi connectivity index (χ4v) is 2.70. The van der Waals surface area contributed by atoms with Gasteiger partial charge in [-0.2, -0.15) is 0 Å². The fraction of sp³-hybridized carbons (Fsp3) is 0.188. The molecular formula is C16H12BrN3O. The highest BCUT2D eigenvalue weighted by molar-refractivity contribution is 9.10. The lowest BCUT2D eigenvalue weighted by atomic mass is 10.1. The van der Waals surface area contributed by atoms with Gasteiger partial charge in [-0.3, -0.25) is 9.69 Å². The summed E-state index contributed by atoms with van der Waals surface area (Å²) in [6.45, 7) is 0.483. The summed E-state index contributed by atoms with van der Waals surface area (Å²) in [4.78, 5) is 22.2. The number of halogens is 1. The zero-order valence-corrected chi connectivity index (χ0v) is 12.7. The molecule has 1 atom stereocenters. The van der Waals surface area contributed by atoms with E-state index in [2.05, 4.69) is 31.8 Å². The Balaban J connectivity index is 1.94. The molecule has 2 aromatic rings. The van der Waals surface area contributed by atoms with E-state index in [4.69, 9.17) is 6.42 Å². The van der Waals surface area contributed by atoms with Crippen LogP contribution >= 0.6 is 15.9 Å². The Morgan fingerprint density at radius 2 is 2.24 bits per heavy atom. The predicted octanol–water partition coefficient (Wildman–Crippen LogP) is 2.89. The minimum Gasteiger partial charge on any atom is -0.279 e. The highest BCUT2D eigenvalue weighted by Crippen LogP contribution is 2.25. The van der Waals surface area contributed by atoms with Gasteiger partial charge in [0.1, 0.15) is 0 Å². The van der Waals surface area contributed by atoms with Gasteiger partial charge < -0.3 is 0 Å². The van der Waals surface area contributed by atoms with E-state index in [0.717, 1.165) is 15.7 Å². The lowest BCUT2D eigenvalue weighted by molar-refractivity contribution is -0.117. The molecule has 1 unspecified atom stereocenters. The molecule has 0 radical (unpaired) electrons. The van der Waals surface area contributed by atoms with Gasteiger partial charge in [-0.1, -0.05) is 28.1 Å². The van der Waals surface area contributed by atoms with Crippen LogP contribution in [-0.4, -0.2) is 22.4 Å². The van der Waals surface area contributed by atoms with E-state index in [1.54, 1.807) is 11.1 Å². The lowest BCUT2D eigenvalue weighted by Crippen LogP contribution is -2.26. The second-order valence-corrected chi connectivity index (χ2v) is 5.74. The largest absolute Gasteiger partial charge is 0.279 e. The van der Waals surface area contributed by atoms with Gasteiger partial charge in [0.15, 0.2) is 0 Å². The van der Waals surface area contributed by atoms with Gasteiger partial charge in [0.25, 0.3) is 0 Å². The topological polar surface area (TPSA) is 46.1 Å². The van der Waals surface area contributed by atoms with Crippen LogP contribution in [0.4, 0.5) is 5.95 Å². The summed E-state index contributed by atoms with van der Waals surface area (Å²) >= 11 is 3.44. The molecule has 2 heterocycles. The Hall–Kier alpha value is -2.19. The van der Waals surface area contributed by atoms with Gasteiger partial charge in [-0.25, -0.2) is 9.97 Å². The quantitative estimate of drug-likeness (QED) is 0.789. The Morgan fingerprint density at radius 1 is 1.38 bits per heavy atom. The van der Waals surface area contributed by atoms with Crippen LogP contribution in [0.2, 0.25) is 0 Å². The molecule has 0 bridgehead atoms. The summed E-state index contributed by atoms with van der Waals surface area (Å²) in [5, 5.41) is 0. The molecule has 4 nitrogen and oxygen atoms in total. The van der Waals surface area contributed by atoms with Crippen molar-refractivity contribution in [3.05, 3.63) is 41.0 Å². The summed E-state index contributed by atoms with van der Waals surface area (Å²) < 4.78 is 0.977. The van der Waals surface area contributed by atoms with Gasteiger partial charge in [0.2, 0.25) is 11.9 Å².